The van der Waals surface area contributed by atoms with Crippen molar-refractivity contribution >= 4 is 16.5 Å². The number of benzene rings is 2. The fourth-order valence-electron chi connectivity index (χ4n) is 3.77. The number of rotatable bonds is 1. The van der Waals surface area contributed by atoms with E-state index in [-0.39, 0.29) is 0 Å². The van der Waals surface area contributed by atoms with Gasteiger partial charge in [-0.05, 0) is 53.3 Å². The van der Waals surface area contributed by atoms with E-state index in [0.29, 0.717) is 5.41 Å². The lowest BCUT2D eigenvalue weighted by atomic mass is 9.70. The number of aliphatic imine (C=N–C) groups is 1. The molecule has 0 unspecified atom stereocenters. The van der Waals surface area contributed by atoms with E-state index in [1.165, 1.54) is 40.5 Å². The predicted molar refractivity (Wildman–Crippen MR) is 82.9 cm³/mol. The molecule has 20 heavy (non-hydrogen) atoms. The van der Waals surface area contributed by atoms with Crippen molar-refractivity contribution in [3.8, 4) is 5.75 Å². The van der Waals surface area contributed by atoms with Gasteiger partial charge < -0.3 is 4.74 Å². The Balaban J connectivity index is 1.95. The van der Waals surface area contributed by atoms with Crippen molar-refractivity contribution in [1.82, 2.24) is 0 Å². The van der Waals surface area contributed by atoms with E-state index in [4.69, 9.17) is 9.73 Å². The molecule has 0 amide bonds. The van der Waals surface area contributed by atoms with Gasteiger partial charge in [-0.2, -0.15) is 0 Å². The van der Waals surface area contributed by atoms with Crippen LogP contribution in [0.4, 0.5) is 0 Å². The summed E-state index contributed by atoms with van der Waals surface area (Å²) in [5, 5.41) is 2.63. The van der Waals surface area contributed by atoms with Crippen molar-refractivity contribution in [2.45, 2.75) is 26.2 Å². The summed E-state index contributed by atoms with van der Waals surface area (Å²) in [5.41, 5.74) is 4.52. The van der Waals surface area contributed by atoms with Crippen molar-refractivity contribution in [1.29, 1.82) is 0 Å². The zero-order chi connectivity index (χ0) is 13.7. The Kier molecular flexibility index (Phi) is 2.44. The van der Waals surface area contributed by atoms with Crippen molar-refractivity contribution in [3.05, 3.63) is 41.5 Å². The van der Waals surface area contributed by atoms with Gasteiger partial charge in [0.1, 0.15) is 5.75 Å². The summed E-state index contributed by atoms with van der Waals surface area (Å²) < 4.78 is 5.33. The molecular weight excluding hydrogens is 246 g/mol. The maximum Gasteiger partial charge on any atom is 0.119 e. The van der Waals surface area contributed by atoms with Crippen molar-refractivity contribution in [2.24, 2.45) is 10.4 Å². The Morgan fingerprint density at radius 2 is 2.05 bits per heavy atom. The van der Waals surface area contributed by atoms with E-state index >= 15 is 0 Å². The van der Waals surface area contributed by atoms with Crippen LogP contribution in [-0.2, 0) is 6.42 Å². The van der Waals surface area contributed by atoms with Gasteiger partial charge in [-0.15, -0.1) is 0 Å². The van der Waals surface area contributed by atoms with E-state index < -0.39 is 0 Å². The third-order valence-corrected chi connectivity index (χ3v) is 5.03. The molecule has 2 heteroatoms. The SMILES string of the molecule is COc1ccc2c3c(ccc2c1)C1=NCC[C@@]1(C)CC3. The first-order valence-electron chi connectivity index (χ1n) is 7.36. The Morgan fingerprint density at radius 3 is 2.90 bits per heavy atom. The third kappa shape index (κ3) is 1.54. The van der Waals surface area contributed by atoms with Gasteiger partial charge in [0.15, 0.2) is 0 Å². The lowest BCUT2D eigenvalue weighted by Crippen LogP contribution is -2.30. The molecule has 2 aromatic rings. The van der Waals surface area contributed by atoms with Crippen LogP contribution >= 0.6 is 0 Å². The molecule has 0 bridgehead atoms. The minimum Gasteiger partial charge on any atom is -0.497 e. The van der Waals surface area contributed by atoms with E-state index in [1.807, 2.05) is 0 Å². The standard InChI is InChI=1S/C18H19NO/c1-18-8-7-15-14-6-4-13(20-2)11-12(14)3-5-16(15)17(18)19-10-9-18/h3-6,11H,7-10H2,1-2H3/t18-/m1/s1. The summed E-state index contributed by atoms with van der Waals surface area (Å²) in [5.74, 6) is 0.927. The highest BCUT2D eigenvalue weighted by Crippen LogP contribution is 2.43. The first-order valence-corrected chi connectivity index (χ1v) is 7.36. The van der Waals surface area contributed by atoms with E-state index in [1.54, 1.807) is 7.11 Å². The second-order valence-corrected chi connectivity index (χ2v) is 6.22. The highest BCUT2D eigenvalue weighted by molar-refractivity contribution is 6.10. The van der Waals surface area contributed by atoms with Crippen LogP contribution < -0.4 is 4.74 Å². The summed E-state index contributed by atoms with van der Waals surface area (Å²) in [6, 6.07) is 10.9. The van der Waals surface area contributed by atoms with Gasteiger partial charge in [0.05, 0.1) is 7.11 Å². The molecule has 0 saturated carbocycles. The molecule has 0 N–H and O–H groups in total. The molecule has 102 valence electrons. The van der Waals surface area contributed by atoms with Crippen LogP contribution in [0.5, 0.6) is 5.75 Å². The van der Waals surface area contributed by atoms with Gasteiger partial charge in [0, 0.05) is 17.7 Å². The molecular formula is C18H19NO. The first kappa shape index (κ1) is 12.0. The minimum absolute atomic E-state index is 0.313. The molecule has 1 aliphatic heterocycles. The van der Waals surface area contributed by atoms with Crippen LogP contribution in [0.1, 0.15) is 30.9 Å². The van der Waals surface area contributed by atoms with Gasteiger partial charge in [-0.25, -0.2) is 0 Å². The summed E-state index contributed by atoms with van der Waals surface area (Å²) in [6.07, 6.45) is 3.60. The van der Waals surface area contributed by atoms with Crippen molar-refractivity contribution in [3.63, 3.8) is 0 Å². The molecule has 0 aromatic heterocycles. The highest BCUT2D eigenvalue weighted by atomic mass is 16.5. The molecule has 0 fully saturated rings. The monoisotopic (exact) mass is 265 g/mol. The Hall–Kier alpha value is -1.83. The molecule has 1 aliphatic carbocycles. The lowest BCUT2D eigenvalue weighted by Gasteiger charge is -2.33. The maximum absolute atomic E-state index is 5.33. The molecule has 2 aromatic carbocycles. The maximum atomic E-state index is 5.33. The van der Waals surface area contributed by atoms with E-state index in [0.717, 1.165) is 18.7 Å². The number of fused-ring (bicyclic) bond motifs is 5. The second kappa shape index (κ2) is 4.08. The van der Waals surface area contributed by atoms with Gasteiger partial charge >= 0.3 is 0 Å². The Labute approximate surface area is 119 Å². The summed E-state index contributed by atoms with van der Waals surface area (Å²) in [7, 11) is 1.72. The highest BCUT2D eigenvalue weighted by Gasteiger charge is 2.39. The quantitative estimate of drug-likeness (QED) is 0.764. The molecule has 0 saturated heterocycles. The smallest absolute Gasteiger partial charge is 0.119 e. The van der Waals surface area contributed by atoms with Crippen LogP contribution in [0.15, 0.2) is 35.3 Å². The Bertz CT molecular complexity index is 732. The van der Waals surface area contributed by atoms with Crippen molar-refractivity contribution < 1.29 is 4.74 Å². The van der Waals surface area contributed by atoms with Gasteiger partial charge in [-0.3, -0.25) is 4.99 Å². The van der Waals surface area contributed by atoms with Crippen LogP contribution in [0.3, 0.4) is 0 Å². The zero-order valence-corrected chi connectivity index (χ0v) is 12.1. The number of hydrogen-bond acceptors (Lipinski definition) is 2. The van der Waals surface area contributed by atoms with Gasteiger partial charge in [0.25, 0.3) is 0 Å². The van der Waals surface area contributed by atoms with Crippen LogP contribution in [-0.4, -0.2) is 19.4 Å². The largest absolute Gasteiger partial charge is 0.497 e. The summed E-state index contributed by atoms with van der Waals surface area (Å²) >= 11 is 0. The number of ether oxygens (including phenoxy) is 1. The topological polar surface area (TPSA) is 21.6 Å². The fraction of sp³-hybridized carbons (Fsp3) is 0.389. The van der Waals surface area contributed by atoms with Crippen LogP contribution in [0.25, 0.3) is 10.8 Å². The van der Waals surface area contributed by atoms with Crippen molar-refractivity contribution in [2.75, 3.05) is 13.7 Å². The molecule has 1 atom stereocenters. The number of methoxy groups -OCH3 is 1. The fourth-order valence-corrected chi connectivity index (χ4v) is 3.77. The molecule has 2 aliphatic rings. The summed E-state index contributed by atoms with van der Waals surface area (Å²) in [4.78, 5) is 4.80. The normalized spacial score (nSPS) is 24.2. The van der Waals surface area contributed by atoms with Gasteiger partial charge in [-0.1, -0.05) is 25.1 Å². The van der Waals surface area contributed by atoms with E-state index in [2.05, 4.69) is 37.3 Å². The summed E-state index contributed by atoms with van der Waals surface area (Å²) in [6.45, 7) is 3.37. The molecule has 4 rings (SSSR count). The molecule has 0 spiro atoms. The number of hydrogen-bond donors (Lipinski definition) is 0. The Morgan fingerprint density at radius 1 is 1.15 bits per heavy atom. The second-order valence-electron chi connectivity index (χ2n) is 6.22. The molecule has 2 nitrogen and oxygen atoms in total. The van der Waals surface area contributed by atoms with Crippen LogP contribution in [0.2, 0.25) is 0 Å². The predicted octanol–water partition coefficient (Wildman–Crippen LogP) is 3.99. The molecule has 0 radical (unpaired) electrons. The lowest BCUT2D eigenvalue weighted by molar-refractivity contribution is 0.415. The average Bonchev–Trinajstić information content (AvgIpc) is 2.88. The number of nitrogens with zero attached hydrogens (tertiary/aromatic N) is 1. The minimum atomic E-state index is 0.313. The zero-order valence-electron chi connectivity index (χ0n) is 12.1. The third-order valence-electron chi connectivity index (χ3n) is 5.03. The van der Waals surface area contributed by atoms with Gasteiger partial charge in [0.2, 0.25) is 0 Å². The molecule has 1 heterocycles. The number of aryl methyl sites for hydroxylation is 1. The van der Waals surface area contributed by atoms with E-state index in [9.17, 15) is 0 Å². The first-order chi connectivity index (χ1) is 9.71. The average molecular weight is 265 g/mol. The van der Waals surface area contributed by atoms with Crippen LogP contribution in [0, 0.1) is 5.41 Å².